The van der Waals surface area contributed by atoms with Crippen LogP contribution in [0.4, 0.5) is 0 Å². The molecule has 0 saturated carbocycles. The normalized spacial score (nSPS) is 20.8. The number of fused-ring (bicyclic) bond motifs is 3. The van der Waals surface area contributed by atoms with Gasteiger partial charge in [0.05, 0.1) is 0 Å². The van der Waals surface area contributed by atoms with Crippen molar-refractivity contribution >= 4 is 26.8 Å². The maximum atomic E-state index is 3.61. The molecule has 1 aliphatic heterocycles. The van der Waals surface area contributed by atoms with Crippen LogP contribution in [0.25, 0.3) is 10.9 Å². The van der Waals surface area contributed by atoms with E-state index in [0.717, 1.165) is 17.4 Å². The van der Waals surface area contributed by atoms with Gasteiger partial charge in [0.15, 0.2) is 0 Å². The zero-order valence-corrected chi connectivity index (χ0v) is 13.6. The Morgan fingerprint density at radius 1 is 1.32 bits per heavy atom. The van der Waals surface area contributed by atoms with Crippen LogP contribution in [0, 0.1) is 0 Å². The van der Waals surface area contributed by atoms with E-state index in [-0.39, 0.29) is 5.54 Å². The minimum Gasteiger partial charge on any atom is -0.357 e. The molecule has 0 fully saturated rings. The topological polar surface area (TPSA) is 19.0 Å². The Balaban J connectivity index is 2.09. The molecule has 2 nitrogen and oxygen atoms in total. The Hall–Kier alpha value is -0.800. The van der Waals surface area contributed by atoms with Crippen LogP contribution in [0.15, 0.2) is 22.7 Å². The number of hydrogen-bond acceptors (Lipinski definition) is 1. The number of benzene rings is 1. The van der Waals surface area contributed by atoms with Crippen LogP contribution >= 0.6 is 15.9 Å². The first-order valence-electron chi connectivity index (χ1n) is 6.92. The average Bonchev–Trinajstić information content (AvgIpc) is 2.63. The minimum atomic E-state index is 0.217. The Morgan fingerprint density at radius 2 is 2.05 bits per heavy atom. The average molecular weight is 321 g/mol. The predicted molar refractivity (Wildman–Crippen MR) is 84.5 cm³/mol. The lowest BCUT2D eigenvalue weighted by molar-refractivity contribution is 0.0709. The summed E-state index contributed by atoms with van der Waals surface area (Å²) in [6.07, 6.45) is 1.13. The molecule has 0 saturated heterocycles. The van der Waals surface area contributed by atoms with Crippen LogP contribution in [0.3, 0.4) is 0 Å². The third-order valence-corrected chi connectivity index (χ3v) is 4.67. The van der Waals surface area contributed by atoms with E-state index in [4.69, 9.17) is 0 Å². The molecule has 2 aromatic rings. The summed E-state index contributed by atoms with van der Waals surface area (Å²) < 4.78 is 1.14. The van der Waals surface area contributed by atoms with Gasteiger partial charge in [-0.3, -0.25) is 4.90 Å². The number of H-pyrrole nitrogens is 1. The van der Waals surface area contributed by atoms with Gasteiger partial charge in [0, 0.05) is 39.2 Å². The van der Waals surface area contributed by atoms with Crippen molar-refractivity contribution in [3.63, 3.8) is 0 Å². The maximum absolute atomic E-state index is 3.61. The third-order valence-electron chi connectivity index (χ3n) is 4.18. The van der Waals surface area contributed by atoms with Crippen molar-refractivity contribution in [1.29, 1.82) is 0 Å². The van der Waals surface area contributed by atoms with Gasteiger partial charge in [-0.1, -0.05) is 22.0 Å². The molecule has 0 amide bonds. The molecule has 0 aliphatic carbocycles. The molecule has 102 valence electrons. The highest BCUT2D eigenvalue weighted by Crippen LogP contribution is 2.34. The molecule has 1 aliphatic rings. The first kappa shape index (κ1) is 13.2. The second-order valence-electron chi connectivity index (χ2n) is 6.62. The molecule has 0 spiro atoms. The summed E-state index contributed by atoms with van der Waals surface area (Å²) in [4.78, 5) is 6.19. The number of aromatic amines is 1. The van der Waals surface area contributed by atoms with Crippen LogP contribution < -0.4 is 0 Å². The van der Waals surface area contributed by atoms with Gasteiger partial charge in [-0.05, 0) is 51.8 Å². The van der Waals surface area contributed by atoms with Crippen molar-refractivity contribution in [1.82, 2.24) is 9.88 Å². The highest BCUT2D eigenvalue weighted by atomic mass is 79.9. The lowest BCUT2D eigenvalue weighted by atomic mass is 9.93. The van der Waals surface area contributed by atoms with Crippen molar-refractivity contribution < 1.29 is 0 Å². The van der Waals surface area contributed by atoms with Crippen LogP contribution in [0.5, 0.6) is 0 Å². The first-order chi connectivity index (χ1) is 8.86. The number of aromatic nitrogens is 1. The molecule has 0 unspecified atom stereocenters. The quantitative estimate of drug-likeness (QED) is 0.758. The SMILES string of the molecule is C[C@H]1Cc2c([nH]c3cc(Br)ccc23)CN1C(C)(C)C. The van der Waals surface area contributed by atoms with Gasteiger partial charge >= 0.3 is 0 Å². The van der Waals surface area contributed by atoms with Gasteiger partial charge in [0.1, 0.15) is 0 Å². The second kappa shape index (κ2) is 4.35. The summed E-state index contributed by atoms with van der Waals surface area (Å²) in [5.41, 5.74) is 4.37. The molecule has 3 rings (SSSR count). The fourth-order valence-corrected chi connectivity index (χ4v) is 3.64. The monoisotopic (exact) mass is 320 g/mol. The summed E-state index contributed by atoms with van der Waals surface area (Å²) in [6, 6.07) is 7.14. The lowest BCUT2D eigenvalue weighted by Gasteiger charge is -2.43. The third kappa shape index (κ3) is 2.23. The minimum absolute atomic E-state index is 0.217. The zero-order valence-electron chi connectivity index (χ0n) is 12.0. The number of nitrogens with one attached hydrogen (secondary N) is 1. The van der Waals surface area contributed by atoms with Crippen LogP contribution in [-0.2, 0) is 13.0 Å². The van der Waals surface area contributed by atoms with E-state index >= 15 is 0 Å². The fraction of sp³-hybridized carbons (Fsp3) is 0.500. The van der Waals surface area contributed by atoms with Crippen molar-refractivity contribution in [2.45, 2.75) is 52.2 Å². The van der Waals surface area contributed by atoms with Crippen LogP contribution in [-0.4, -0.2) is 21.5 Å². The fourth-order valence-electron chi connectivity index (χ4n) is 3.28. The van der Waals surface area contributed by atoms with Gasteiger partial charge in [-0.25, -0.2) is 0 Å². The standard InChI is InChI=1S/C16H21BrN2/c1-10-7-13-12-6-5-11(17)8-14(12)18-15(13)9-19(10)16(2,3)4/h5-6,8,10,18H,7,9H2,1-4H3/t10-/m0/s1. The van der Waals surface area contributed by atoms with E-state index in [9.17, 15) is 0 Å². The van der Waals surface area contributed by atoms with Gasteiger partial charge < -0.3 is 4.98 Å². The van der Waals surface area contributed by atoms with Crippen LogP contribution in [0.2, 0.25) is 0 Å². The molecule has 1 aromatic carbocycles. The molecule has 0 bridgehead atoms. The van der Waals surface area contributed by atoms with Crippen molar-refractivity contribution in [3.05, 3.63) is 33.9 Å². The summed E-state index contributed by atoms with van der Waals surface area (Å²) in [6.45, 7) is 10.3. The number of rotatable bonds is 0. The molecule has 1 N–H and O–H groups in total. The number of nitrogens with zero attached hydrogens (tertiary/aromatic N) is 1. The van der Waals surface area contributed by atoms with E-state index < -0.39 is 0 Å². The summed E-state index contributed by atoms with van der Waals surface area (Å²) in [5, 5.41) is 1.39. The molecular weight excluding hydrogens is 300 g/mol. The molecule has 3 heteroatoms. The Labute approximate surface area is 123 Å². The van der Waals surface area contributed by atoms with Gasteiger partial charge in [-0.2, -0.15) is 0 Å². The summed E-state index contributed by atoms with van der Waals surface area (Å²) >= 11 is 3.55. The molecule has 19 heavy (non-hydrogen) atoms. The molecule has 0 radical (unpaired) electrons. The lowest BCUT2D eigenvalue weighted by Crippen LogP contribution is -2.49. The Morgan fingerprint density at radius 3 is 2.74 bits per heavy atom. The van der Waals surface area contributed by atoms with Crippen molar-refractivity contribution in [2.75, 3.05) is 0 Å². The van der Waals surface area contributed by atoms with Crippen molar-refractivity contribution in [2.24, 2.45) is 0 Å². The molecule has 1 aromatic heterocycles. The van der Waals surface area contributed by atoms with E-state index in [0.29, 0.717) is 6.04 Å². The van der Waals surface area contributed by atoms with Gasteiger partial charge in [0.2, 0.25) is 0 Å². The Bertz CT molecular complexity index is 621. The second-order valence-corrected chi connectivity index (χ2v) is 7.54. The smallest absolute Gasteiger partial charge is 0.0470 e. The molecule has 2 heterocycles. The van der Waals surface area contributed by atoms with E-state index in [1.165, 1.54) is 22.2 Å². The highest BCUT2D eigenvalue weighted by Gasteiger charge is 2.32. The van der Waals surface area contributed by atoms with E-state index in [1.807, 2.05) is 0 Å². The number of hydrogen-bond donors (Lipinski definition) is 1. The highest BCUT2D eigenvalue weighted by molar-refractivity contribution is 9.10. The van der Waals surface area contributed by atoms with Crippen LogP contribution in [0.1, 0.15) is 39.0 Å². The van der Waals surface area contributed by atoms with Crippen molar-refractivity contribution in [3.8, 4) is 0 Å². The molecule has 1 atom stereocenters. The van der Waals surface area contributed by atoms with E-state index in [2.05, 4.69) is 71.7 Å². The Kier molecular flexibility index (Phi) is 3.02. The maximum Gasteiger partial charge on any atom is 0.0470 e. The zero-order chi connectivity index (χ0) is 13.8. The number of halogens is 1. The largest absolute Gasteiger partial charge is 0.357 e. The predicted octanol–water partition coefficient (Wildman–Crippen LogP) is 4.48. The van der Waals surface area contributed by atoms with Gasteiger partial charge in [-0.15, -0.1) is 0 Å². The summed E-state index contributed by atoms with van der Waals surface area (Å²) in [7, 11) is 0. The summed E-state index contributed by atoms with van der Waals surface area (Å²) in [5.74, 6) is 0. The first-order valence-corrected chi connectivity index (χ1v) is 7.71. The molecular formula is C16H21BrN2. The van der Waals surface area contributed by atoms with E-state index in [1.54, 1.807) is 0 Å². The van der Waals surface area contributed by atoms with Gasteiger partial charge in [0.25, 0.3) is 0 Å².